The lowest BCUT2D eigenvalue weighted by atomic mass is 9.92. The maximum atomic E-state index is 13.4. The maximum absolute atomic E-state index is 13.4. The first-order chi connectivity index (χ1) is 15.5. The van der Waals surface area contributed by atoms with Crippen molar-refractivity contribution in [2.75, 3.05) is 31.6 Å². The zero-order chi connectivity index (χ0) is 22.7. The van der Waals surface area contributed by atoms with Gasteiger partial charge >= 0.3 is 0 Å². The highest BCUT2D eigenvalue weighted by atomic mass is 19.1. The Morgan fingerprint density at radius 3 is 2.62 bits per heavy atom. The second kappa shape index (κ2) is 9.35. The molecule has 0 spiro atoms. The summed E-state index contributed by atoms with van der Waals surface area (Å²) in [6.07, 6.45) is 6.46. The molecule has 2 fully saturated rings. The molecule has 0 radical (unpaired) electrons. The number of hydrogen-bond donors (Lipinski definition) is 2. The average Bonchev–Trinajstić information content (AvgIpc) is 3.66. The van der Waals surface area contributed by atoms with Crippen molar-refractivity contribution >= 4 is 17.9 Å². The third kappa shape index (κ3) is 4.57. The van der Waals surface area contributed by atoms with Crippen LogP contribution in [0.3, 0.4) is 0 Å². The van der Waals surface area contributed by atoms with E-state index in [0.717, 1.165) is 48.8 Å². The number of nitrogens with one attached hydrogen (secondary N) is 2. The fourth-order valence-electron chi connectivity index (χ4n) is 4.12. The van der Waals surface area contributed by atoms with E-state index in [-0.39, 0.29) is 5.92 Å². The van der Waals surface area contributed by atoms with E-state index >= 15 is 0 Å². The van der Waals surface area contributed by atoms with Crippen LogP contribution in [0, 0.1) is 39.9 Å². The molecule has 1 aromatic carbocycles. The van der Waals surface area contributed by atoms with Gasteiger partial charge in [-0.05, 0) is 55.9 Å². The Hall–Kier alpha value is -3.47. The molecule has 0 amide bonds. The van der Waals surface area contributed by atoms with Gasteiger partial charge in [0.15, 0.2) is 0 Å². The summed E-state index contributed by atoms with van der Waals surface area (Å²) < 4.78 is 19.4. The highest BCUT2D eigenvalue weighted by Crippen LogP contribution is 2.41. The Kier molecular flexibility index (Phi) is 6.35. The number of ether oxygens (including phenoxy) is 1. The van der Waals surface area contributed by atoms with Crippen LogP contribution in [0.25, 0.3) is 11.1 Å². The number of aromatic nitrogens is 1. The van der Waals surface area contributed by atoms with Crippen LogP contribution in [0.2, 0.25) is 0 Å². The molecule has 2 heterocycles. The van der Waals surface area contributed by atoms with Crippen LogP contribution in [0.1, 0.15) is 31.2 Å². The molecular weight excluding hydrogens is 407 g/mol. The molecule has 8 heteroatoms. The summed E-state index contributed by atoms with van der Waals surface area (Å²) in [6, 6.07) is 9.09. The van der Waals surface area contributed by atoms with Crippen molar-refractivity contribution in [2.45, 2.75) is 25.7 Å². The largest absolute Gasteiger partial charge is 0.492 e. The molecular formula is C24H27FN6O. The predicted octanol–water partition coefficient (Wildman–Crippen LogP) is 4.28. The molecule has 32 heavy (non-hydrogen) atoms. The van der Waals surface area contributed by atoms with Crippen LogP contribution >= 0.6 is 0 Å². The lowest BCUT2D eigenvalue weighted by Gasteiger charge is -2.36. The van der Waals surface area contributed by atoms with E-state index in [4.69, 9.17) is 15.6 Å². The van der Waals surface area contributed by atoms with Crippen LogP contribution in [0.4, 0.5) is 10.1 Å². The quantitative estimate of drug-likeness (QED) is 0.385. The van der Waals surface area contributed by atoms with Gasteiger partial charge in [-0.25, -0.2) is 4.98 Å². The summed E-state index contributed by atoms with van der Waals surface area (Å²) in [4.78, 5) is 7.49. The molecule has 1 aromatic heterocycles. The zero-order valence-electron chi connectivity index (χ0n) is 18.1. The van der Waals surface area contributed by atoms with Crippen LogP contribution in [-0.4, -0.2) is 48.8 Å². The summed E-state index contributed by atoms with van der Waals surface area (Å²) in [5.74, 6) is 1.10. The van der Waals surface area contributed by atoms with Crippen LogP contribution in [-0.2, 0) is 0 Å². The highest BCUT2D eigenvalue weighted by molar-refractivity contribution is 5.91. The van der Waals surface area contributed by atoms with Crippen LogP contribution < -0.4 is 9.64 Å². The summed E-state index contributed by atoms with van der Waals surface area (Å²) in [5.41, 5.74) is 2.82. The zero-order valence-corrected chi connectivity index (χ0v) is 18.1. The molecule has 0 bridgehead atoms. The lowest BCUT2D eigenvalue weighted by Crippen LogP contribution is -2.41. The standard InChI is InChI=1S/C24H27FN6O/c1-30(15-27)24(28)17-8-10-31(11-9-17)23-19(18-4-7-22(25)29-13-18)5-6-21(20(23)12-26)32-14-16-2-3-16/h4-7,13,15-17,27-28H,2-3,8-11,14H2,1H3. The Bertz CT molecular complexity index is 1040. The number of rotatable bonds is 7. The molecule has 7 nitrogen and oxygen atoms in total. The predicted molar refractivity (Wildman–Crippen MR) is 122 cm³/mol. The number of pyridine rings is 1. The molecule has 4 rings (SSSR count). The Balaban J connectivity index is 1.67. The van der Waals surface area contributed by atoms with E-state index in [1.165, 1.54) is 17.2 Å². The summed E-state index contributed by atoms with van der Waals surface area (Å²) >= 11 is 0. The molecule has 1 aliphatic heterocycles. The van der Waals surface area contributed by atoms with Crippen molar-refractivity contribution in [3.8, 4) is 22.9 Å². The van der Waals surface area contributed by atoms with Gasteiger partial charge in [0.25, 0.3) is 0 Å². The topological polar surface area (TPSA) is 100 Å². The average molecular weight is 435 g/mol. The number of nitriles is 1. The molecule has 166 valence electrons. The monoisotopic (exact) mass is 434 g/mol. The van der Waals surface area contributed by atoms with Crippen LogP contribution in [0.5, 0.6) is 5.75 Å². The first kappa shape index (κ1) is 21.8. The summed E-state index contributed by atoms with van der Waals surface area (Å²) in [5, 5.41) is 25.8. The second-order valence-electron chi connectivity index (χ2n) is 8.46. The van der Waals surface area contributed by atoms with Gasteiger partial charge in [0.2, 0.25) is 5.95 Å². The minimum atomic E-state index is -0.546. The number of amidine groups is 1. The molecule has 1 saturated heterocycles. The van der Waals surface area contributed by atoms with E-state index in [1.807, 2.05) is 12.1 Å². The maximum Gasteiger partial charge on any atom is 0.212 e. The van der Waals surface area contributed by atoms with Gasteiger partial charge in [0.1, 0.15) is 23.2 Å². The number of halogens is 1. The van der Waals surface area contributed by atoms with E-state index in [0.29, 0.717) is 42.8 Å². The van der Waals surface area contributed by atoms with Gasteiger partial charge in [-0.1, -0.05) is 0 Å². The number of piperidine rings is 1. The van der Waals surface area contributed by atoms with Gasteiger partial charge < -0.3 is 14.5 Å². The number of nitrogens with zero attached hydrogens (tertiary/aromatic N) is 4. The lowest BCUT2D eigenvalue weighted by molar-refractivity contribution is 0.299. The molecule has 2 N–H and O–H groups in total. The SMILES string of the molecule is CN(C=N)C(=N)C1CCN(c2c(-c3ccc(F)nc3)ccc(OCC3CC3)c2C#N)CC1. The molecule has 0 atom stereocenters. The van der Waals surface area contributed by atoms with Crippen molar-refractivity contribution in [2.24, 2.45) is 11.8 Å². The molecule has 2 aliphatic rings. The number of benzene rings is 1. The minimum absolute atomic E-state index is 0.0635. The van der Waals surface area contributed by atoms with Crippen LogP contribution in [0.15, 0.2) is 30.5 Å². The number of hydrogen-bond acceptors (Lipinski definition) is 6. The fraction of sp³-hybridized carbons (Fsp3) is 0.417. The summed E-state index contributed by atoms with van der Waals surface area (Å²) in [7, 11) is 1.72. The second-order valence-corrected chi connectivity index (χ2v) is 8.46. The fourth-order valence-corrected chi connectivity index (χ4v) is 4.12. The van der Waals surface area contributed by atoms with E-state index in [2.05, 4.69) is 16.0 Å². The van der Waals surface area contributed by atoms with E-state index < -0.39 is 5.95 Å². The van der Waals surface area contributed by atoms with Gasteiger partial charge in [0.05, 0.1) is 18.6 Å². The van der Waals surface area contributed by atoms with Gasteiger partial charge in [-0.15, -0.1) is 0 Å². The summed E-state index contributed by atoms with van der Waals surface area (Å²) in [6.45, 7) is 1.95. The smallest absolute Gasteiger partial charge is 0.212 e. The first-order valence-corrected chi connectivity index (χ1v) is 10.9. The molecule has 0 unspecified atom stereocenters. The van der Waals surface area contributed by atoms with E-state index in [1.54, 1.807) is 13.1 Å². The Morgan fingerprint density at radius 2 is 2.03 bits per heavy atom. The molecule has 2 aromatic rings. The number of anilines is 1. The van der Waals surface area contributed by atoms with Gasteiger partial charge in [0, 0.05) is 43.4 Å². The minimum Gasteiger partial charge on any atom is -0.492 e. The normalized spacial score (nSPS) is 16.3. The molecule has 1 saturated carbocycles. The van der Waals surface area contributed by atoms with Crippen molar-refractivity contribution in [1.29, 1.82) is 16.1 Å². The first-order valence-electron chi connectivity index (χ1n) is 10.9. The van der Waals surface area contributed by atoms with Crippen molar-refractivity contribution in [1.82, 2.24) is 9.88 Å². The Labute approximate surface area is 187 Å². The highest BCUT2D eigenvalue weighted by Gasteiger charge is 2.29. The van der Waals surface area contributed by atoms with E-state index in [9.17, 15) is 9.65 Å². The van der Waals surface area contributed by atoms with Crippen molar-refractivity contribution in [3.63, 3.8) is 0 Å². The third-order valence-electron chi connectivity index (χ3n) is 6.23. The third-order valence-corrected chi connectivity index (χ3v) is 6.23. The molecule has 1 aliphatic carbocycles. The van der Waals surface area contributed by atoms with Gasteiger partial charge in [-0.3, -0.25) is 10.8 Å². The van der Waals surface area contributed by atoms with Gasteiger partial charge in [-0.2, -0.15) is 9.65 Å². The van der Waals surface area contributed by atoms with Crippen molar-refractivity contribution in [3.05, 3.63) is 42.0 Å². The van der Waals surface area contributed by atoms with Crippen molar-refractivity contribution < 1.29 is 9.13 Å². The Morgan fingerprint density at radius 1 is 1.28 bits per heavy atom.